The molecule has 12 N–H and O–H groups in total. The highest BCUT2D eigenvalue weighted by molar-refractivity contribution is 5.97. The molecule has 4 aromatic carbocycles. The number of aromatic amines is 1. The molecule has 5 rings (SSSR count). The van der Waals surface area contributed by atoms with Gasteiger partial charge in [-0.3, -0.25) is 24.0 Å². The Balaban J connectivity index is 1.39. The first kappa shape index (κ1) is 48.2. The van der Waals surface area contributed by atoms with Crippen molar-refractivity contribution in [1.29, 1.82) is 0 Å². The molecule has 1 heterocycles. The predicted molar refractivity (Wildman–Crippen MR) is 242 cm³/mol. The summed E-state index contributed by atoms with van der Waals surface area (Å²) in [7, 11) is 0. The zero-order chi connectivity index (χ0) is 46.0. The highest BCUT2D eigenvalue weighted by Crippen LogP contribution is 2.20. The molecule has 5 amide bonds. The van der Waals surface area contributed by atoms with E-state index in [1.165, 1.54) is 6.92 Å². The first-order chi connectivity index (χ1) is 30.8. The number of unbranched alkanes of at least 4 members (excludes halogenated alkanes) is 1. The van der Waals surface area contributed by atoms with Crippen molar-refractivity contribution in [2.24, 2.45) is 11.5 Å². The molecule has 16 heteroatoms. The number of hydrogen-bond acceptors (Lipinski definition) is 9. The van der Waals surface area contributed by atoms with Crippen LogP contribution in [0.2, 0.25) is 0 Å². The molecule has 0 aliphatic rings. The summed E-state index contributed by atoms with van der Waals surface area (Å²) in [6.07, 6.45) is 1.39. The van der Waals surface area contributed by atoms with Gasteiger partial charge >= 0.3 is 5.97 Å². The fraction of sp³-hybridized carbons (Fsp3) is 0.333. The summed E-state index contributed by atoms with van der Waals surface area (Å²) in [4.78, 5) is 85.3. The molecule has 338 valence electrons. The quantitative estimate of drug-likeness (QED) is 0.0402. The van der Waals surface area contributed by atoms with Gasteiger partial charge in [0.25, 0.3) is 0 Å². The van der Waals surface area contributed by atoms with E-state index in [2.05, 4.69) is 31.6 Å². The van der Waals surface area contributed by atoms with E-state index in [-0.39, 0.29) is 32.1 Å². The number of aromatic nitrogens is 1. The maximum atomic E-state index is 14.5. The molecule has 7 atom stereocenters. The second-order valence-corrected chi connectivity index (χ2v) is 15.8. The Morgan fingerprint density at radius 1 is 0.562 bits per heavy atom. The van der Waals surface area contributed by atoms with Gasteiger partial charge in [-0.2, -0.15) is 0 Å². The molecule has 0 aliphatic heterocycles. The first-order valence-electron chi connectivity index (χ1n) is 21.4. The first-order valence-corrected chi connectivity index (χ1v) is 21.4. The van der Waals surface area contributed by atoms with Crippen LogP contribution in [-0.2, 0) is 54.5 Å². The third kappa shape index (κ3) is 14.3. The van der Waals surface area contributed by atoms with E-state index in [4.69, 9.17) is 11.5 Å². The minimum atomic E-state index is -1.60. The van der Waals surface area contributed by atoms with Gasteiger partial charge in [-0.15, -0.1) is 0 Å². The number of hydrogen-bond donors (Lipinski definition) is 10. The van der Waals surface area contributed by atoms with Gasteiger partial charge < -0.3 is 53.2 Å². The maximum absolute atomic E-state index is 14.5. The van der Waals surface area contributed by atoms with Crippen molar-refractivity contribution in [3.05, 3.63) is 144 Å². The molecule has 5 aromatic rings. The van der Waals surface area contributed by atoms with E-state index in [0.717, 1.165) is 22.0 Å². The number of fused-ring (bicyclic) bond motifs is 1. The van der Waals surface area contributed by atoms with Gasteiger partial charge in [0, 0.05) is 36.4 Å². The summed E-state index contributed by atoms with van der Waals surface area (Å²) in [5.74, 6) is -5.09. The van der Waals surface area contributed by atoms with Crippen LogP contribution in [0.3, 0.4) is 0 Å². The summed E-state index contributed by atoms with van der Waals surface area (Å²) in [6, 6.07) is 26.6. The fourth-order valence-corrected chi connectivity index (χ4v) is 7.30. The van der Waals surface area contributed by atoms with Gasteiger partial charge in [-0.1, -0.05) is 109 Å². The van der Waals surface area contributed by atoms with Crippen LogP contribution in [0.5, 0.6) is 0 Å². The van der Waals surface area contributed by atoms with E-state index in [0.29, 0.717) is 30.5 Å². The van der Waals surface area contributed by atoms with E-state index in [1.54, 1.807) is 48.7 Å². The molecule has 0 fully saturated rings. The maximum Gasteiger partial charge on any atom is 0.326 e. The van der Waals surface area contributed by atoms with Crippen molar-refractivity contribution >= 4 is 46.4 Å². The molecule has 64 heavy (non-hydrogen) atoms. The molecule has 0 saturated carbocycles. The van der Waals surface area contributed by atoms with Crippen LogP contribution >= 0.6 is 0 Å². The smallest absolute Gasteiger partial charge is 0.326 e. The molecule has 0 saturated heterocycles. The minimum absolute atomic E-state index is 0.0328. The standard InChI is InChI=1S/C48H58N8O8/c1-30(57)42(47(62)55-41(48(63)64)27-33-19-9-4-10-20-33)56-44(59)38(23-13-14-24-49)52-46(61)40(28-34-29-51-37-22-12-11-21-35(34)37)54-45(60)39(26-32-17-7-3-8-18-32)53-43(58)36(50)25-31-15-5-2-6-16-31/h2-12,15-22,29-30,36,38-42,51,57H,13-14,23-28,49-50H2,1H3,(H,52,61)(H,53,58)(H,54,60)(H,55,62)(H,56,59)(H,63,64)/t30-,36+,38+,39+,40-,41+,42+/m1/s1. The van der Waals surface area contributed by atoms with Crippen LogP contribution in [0.15, 0.2) is 121 Å². The van der Waals surface area contributed by atoms with Crippen LogP contribution in [-0.4, -0.2) is 99.6 Å². The number of aliphatic hydroxyl groups excluding tert-OH is 1. The molecular formula is C48H58N8O8. The highest BCUT2D eigenvalue weighted by Gasteiger charge is 2.35. The van der Waals surface area contributed by atoms with Gasteiger partial charge in [0.1, 0.15) is 30.2 Å². The highest BCUT2D eigenvalue weighted by atomic mass is 16.4. The number of nitrogens with one attached hydrogen (secondary N) is 6. The SMILES string of the molecule is C[C@@H](O)[C@H](NC(=O)[C@H](CCCCN)NC(=O)[C@@H](Cc1c[nH]c2ccccc12)NC(=O)[C@H](Cc1ccccc1)NC(=O)[C@@H](N)Cc1ccccc1)C(=O)N[C@@H](Cc1ccccc1)C(=O)O. The number of carbonyl (C=O) groups excluding carboxylic acids is 5. The van der Waals surface area contributed by atoms with Gasteiger partial charge in [0.05, 0.1) is 12.1 Å². The van der Waals surface area contributed by atoms with E-state index in [9.17, 15) is 39.0 Å². The normalized spacial score (nSPS) is 14.4. The number of H-pyrrole nitrogens is 1. The molecule has 0 bridgehead atoms. The van der Waals surface area contributed by atoms with Crippen molar-refractivity contribution in [3.8, 4) is 0 Å². The predicted octanol–water partition coefficient (Wildman–Crippen LogP) is 1.78. The van der Waals surface area contributed by atoms with E-state index < -0.39 is 77.9 Å². The van der Waals surface area contributed by atoms with Gasteiger partial charge in [0.15, 0.2) is 0 Å². The number of carboxylic acids is 1. The minimum Gasteiger partial charge on any atom is -0.480 e. The molecule has 16 nitrogen and oxygen atoms in total. The number of nitrogens with two attached hydrogens (primary N) is 2. The van der Waals surface area contributed by atoms with Crippen molar-refractivity contribution in [1.82, 2.24) is 31.6 Å². The fourth-order valence-electron chi connectivity index (χ4n) is 7.30. The van der Waals surface area contributed by atoms with Gasteiger partial charge in [-0.25, -0.2) is 4.79 Å². The Hall–Kier alpha value is -6.88. The van der Waals surface area contributed by atoms with Crippen molar-refractivity contribution < 1.29 is 39.0 Å². The number of para-hydroxylation sites is 1. The van der Waals surface area contributed by atoms with Crippen LogP contribution in [0.1, 0.15) is 48.4 Å². The lowest BCUT2D eigenvalue weighted by Crippen LogP contribution is -2.61. The summed E-state index contributed by atoms with van der Waals surface area (Å²) < 4.78 is 0. The average molecular weight is 875 g/mol. The third-order valence-electron chi connectivity index (χ3n) is 10.8. The number of amides is 5. The molecular weight excluding hydrogens is 817 g/mol. The lowest BCUT2D eigenvalue weighted by atomic mass is 10.0. The van der Waals surface area contributed by atoms with Gasteiger partial charge in [-0.05, 0) is 67.5 Å². The Morgan fingerprint density at radius 2 is 1.03 bits per heavy atom. The Labute approximate surface area is 372 Å². The Morgan fingerprint density at radius 3 is 1.59 bits per heavy atom. The number of carbonyl (C=O) groups is 6. The van der Waals surface area contributed by atoms with Crippen molar-refractivity contribution in [2.75, 3.05) is 6.54 Å². The summed E-state index contributed by atoms with van der Waals surface area (Å²) in [5, 5.41) is 34.7. The number of aliphatic carboxylic acids is 1. The second kappa shape index (κ2) is 24.1. The van der Waals surface area contributed by atoms with Crippen LogP contribution < -0.4 is 38.1 Å². The van der Waals surface area contributed by atoms with Crippen LogP contribution in [0.25, 0.3) is 10.9 Å². The Bertz CT molecular complexity index is 2310. The molecule has 0 aliphatic carbocycles. The zero-order valence-corrected chi connectivity index (χ0v) is 35.7. The average Bonchev–Trinajstić information content (AvgIpc) is 3.70. The number of carboxylic acid groups (broad SMARTS) is 1. The van der Waals surface area contributed by atoms with Crippen molar-refractivity contribution in [2.45, 2.75) is 94.2 Å². The van der Waals surface area contributed by atoms with Crippen LogP contribution in [0, 0.1) is 0 Å². The summed E-state index contributed by atoms with van der Waals surface area (Å²) >= 11 is 0. The molecule has 0 spiro atoms. The Kier molecular flexibility index (Phi) is 18.1. The number of aliphatic hydroxyl groups is 1. The number of benzene rings is 4. The third-order valence-corrected chi connectivity index (χ3v) is 10.8. The van der Waals surface area contributed by atoms with E-state index in [1.807, 2.05) is 72.8 Å². The van der Waals surface area contributed by atoms with E-state index >= 15 is 0 Å². The molecule has 0 unspecified atom stereocenters. The second-order valence-electron chi connectivity index (χ2n) is 15.8. The number of rotatable bonds is 24. The van der Waals surface area contributed by atoms with Crippen molar-refractivity contribution in [3.63, 3.8) is 0 Å². The topological polar surface area (TPSA) is 271 Å². The summed E-state index contributed by atoms with van der Waals surface area (Å²) in [5.41, 5.74) is 15.8. The monoisotopic (exact) mass is 874 g/mol. The molecule has 0 radical (unpaired) electrons. The molecule has 1 aromatic heterocycles. The van der Waals surface area contributed by atoms with Crippen LogP contribution in [0.4, 0.5) is 0 Å². The summed E-state index contributed by atoms with van der Waals surface area (Å²) in [6.45, 7) is 1.56. The lowest BCUT2D eigenvalue weighted by Gasteiger charge is -2.28. The van der Waals surface area contributed by atoms with Gasteiger partial charge in [0.2, 0.25) is 29.5 Å². The largest absolute Gasteiger partial charge is 0.480 e. The zero-order valence-electron chi connectivity index (χ0n) is 35.7. The lowest BCUT2D eigenvalue weighted by molar-refractivity contribution is -0.143.